The van der Waals surface area contributed by atoms with E-state index in [9.17, 15) is 18.0 Å². The molecule has 2 aromatic rings. The molecule has 0 aromatic heterocycles. The Bertz CT molecular complexity index is 815. The van der Waals surface area contributed by atoms with Crippen molar-refractivity contribution in [1.29, 1.82) is 0 Å². The Morgan fingerprint density at radius 1 is 1.00 bits per heavy atom. The summed E-state index contributed by atoms with van der Waals surface area (Å²) in [6.45, 7) is -0.411. The third-order valence-electron chi connectivity index (χ3n) is 3.08. The van der Waals surface area contributed by atoms with E-state index in [0.29, 0.717) is 5.56 Å². The Hall–Kier alpha value is -2.51. The van der Waals surface area contributed by atoms with Crippen LogP contribution >= 0.6 is 0 Å². The van der Waals surface area contributed by atoms with E-state index < -0.39 is 22.6 Å². The predicted octanol–water partition coefficient (Wildman–Crippen LogP) is 1.63. The van der Waals surface area contributed by atoms with Crippen molar-refractivity contribution >= 4 is 21.8 Å². The summed E-state index contributed by atoms with van der Waals surface area (Å²) in [5, 5.41) is 0. The van der Waals surface area contributed by atoms with E-state index in [-0.39, 0.29) is 16.2 Å². The lowest BCUT2D eigenvalue weighted by Crippen LogP contribution is -2.19. The Morgan fingerprint density at radius 2 is 1.65 bits per heavy atom. The number of Topliss-reactive ketones (excluding diaryl/α,β-unsaturated/α-hetero) is 1. The van der Waals surface area contributed by atoms with E-state index in [2.05, 4.69) is 4.72 Å². The number of hydrogen-bond acceptors (Lipinski definition) is 5. The van der Waals surface area contributed by atoms with Crippen molar-refractivity contribution in [1.82, 2.24) is 4.72 Å². The largest absolute Gasteiger partial charge is 0.454 e. The first-order chi connectivity index (χ1) is 10.9. The molecule has 0 aliphatic heterocycles. The van der Waals surface area contributed by atoms with Gasteiger partial charge >= 0.3 is 5.97 Å². The third kappa shape index (κ3) is 4.24. The van der Waals surface area contributed by atoms with Crippen molar-refractivity contribution in [2.45, 2.75) is 4.90 Å². The second kappa shape index (κ2) is 7.17. The summed E-state index contributed by atoms with van der Waals surface area (Å²) < 4.78 is 30.5. The molecule has 0 spiro atoms. The first kappa shape index (κ1) is 16.9. The molecule has 0 radical (unpaired) electrons. The lowest BCUT2D eigenvalue weighted by atomic mass is 10.1. The molecule has 2 aromatic carbocycles. The van der Waals surface area contributed by atoms with Crippen LogP contribution in [0.5, 0.6) is 0 Å². The Kier molecular flexibility index (Phi) is 5.25. The minimum Gasteiger partial charge on any atom is -0.454 e. The Morgan fingerprint density at radius 3 is 2.30 bits per heavy atom. The monoisotopic (exact) mass is 333 g/mol. The summed E-state index contributed by atoms with van der Waals surface area (Å²) in [5.74, 6) is -1.10. The maximum absolute atomic E-state index is 12.0. The van der Waals surface area contributed by atoms with Gasteiger partial charge < -0.3 is 4.74 Å². The summed E-state index contributed by atoms with van der Waals surface area (Å²) in [4.78, 5) is 23.8. The van der Waals surface area contributed by atoms with E-state index in [1.165, 1.54) is 31.3 Å². The highest BCUT2D eigenvalue weighted by Gasteiger charge is 2.16. The lowest BCUT2D eigenvalue weighted by Gasteiger charge is -2.06. The maximum atomic E-state index is 12.0. The SMILES string of the molecule is CNS(=O)(=O)c1cccc(C(=O)OCC(=O)c2ccccc2)c1. The molecule has 0 amide bonds. The van der Waals surface area contributed by atoms with Crippen molar-refractivity contribution < 1.29 is 22.7 Å². The highest BCUT2D eigenvalue weighted by atomic mass is 32.2. The van der Waals surface area contributed by atoms with E-state index in [4.69, 9.17) is 4.74 Å². The molecule has 0 saturated heterocycles. The van der Waals surface area contributed by atoms with Crippen molar-refractivity contribution in [3.63, 3.8) is 0 Å². The van der Waals surface area contributed by atoms with Gasteiger partial charge in [-0.15, -0.1) is 0 Å². The number of ether oxygens (including phenoxy) is 1. The molecule has 2 rings (SSSR count). The molecule has 0 aliphatic rings. The lowest BCUT2D eigenvalue weighted by molar-refractivity contribution is 0.0474. The number of sulfonamides is 1. The second-order valence-corrected chi connectivity index (χ2v) is 6.49. The van der Waals surface area contributed by atoms with E-state index >= 15 is 0 Å². The fraction of sp³-hybridized carbons (Fsp3) is 0.125. The number of carbonyl (C=O) groups is 2. The maximum Gasteiger partial charge on any atom is 0.338 e. The van der Waals surface area contributed by atoms with Crippen LogP contribution in [0.4, 0.5) is 0 Å². The van der Waals surface area contributed by atoms with Crippen LogP contribution in [0.25, 0.3) is 0 Å². The smallest absolute Gasteiger partial charge is 0.338 e. The fourth-order valence-corrected chi connectivity index (χ4v) is 2.61. The molecule has 23 heavy (non-hydrogen) atoms. The Balaban J connectivity index is 2.07. The van der Waals surface area contributed by atoms with Gasteiger partial charge in [0.2, 0.25) is 10.0 Å². The number of hydrogen-bond donors (Lipinski definition) is 1. The molecular formula is C16H15NO5S. The summed E-state index contributed by atoms with van der Waals surface area (Å²) in [6.07, 6.45) is 0. The number of rotatable bonds is 6. The number of nitrogens with one attached hydrogen (secondary N) is 1. The zero-order valence-corrected chi connectivity index (χ0v) is 13.2. The zero-order chi connectivity index (χ0) is 16.9. The van der Waals surface area contributed by atoms with Crippen molar-refractivity contribution in [2.75, 3.05) is 13.7 Å². The number of ketones is 1. The molecule has 0 bridgehead atoms. The minimum absolute atomic E-state index is 0.0520. The van der Waals surface area contributed by atoms with Crippen LogP contribution in [0.15, 0.2) is 59.5 Å². The Labute approximate surface area is 134 Å². The average Bonchev–Trinajstić information content (AvgIpc) is 2.60. The van der Waals surface area contributed by atoms with Crippen molar-refractivity contribution in [3.8, 4) is 0 Å². The van der Waals surface area contributed by atoms with Crippen LogP contribution < -0.4 is 4.72 Å². The first-order valence-electron chi connectivity index (χ1n) is 6.73. The second-order valence-electron chi connectivity index (χ2n) is 4.60. The van der Waals surface area contributed by atoms with Gasteiger partial charge in [-0.3, -0.25) is 4.79 Å². The molecular weight excluding hydrogens is 318 g/mol. The van der Waals surface area contributed by atoms with E-state index in [0.717, 1.165) is 0 Å². The van der Waals surface area contributed by atoms with Crippen LogP contribution in [0.2, 0.25) is 0 Å². The van der Waals surface area contributed by atoms with Gasteiger partial charge in [0.05, 0.1) is 10.5 Å². The molecule has 120 valence electrons. The molecule has 0 heterocycles. The van der Waals surface area contributed by atoms with Gasteiger partial charge in [-0.05, 0) is 25.2 Å². The number of esters is 1. The zero-order valence-electron chi connectivity index (χ0n) is 12.4. The van der Waals surface area contributed by atoms with Crippen molar-refractivity contribution in [2.24, 2.45) is 0 Å². The van der Waals surface area contributed by atoms with E-state index in [1.807, 2.05) is 0 Å². The van der Waals surface area contributed by atoms with Gasteiger partial charge in [-0.1, -0.05) is 36.4 Å². The highest BCUT2D eigenvalue weighted by molar-refractivity contribution is 7.89. The first-order valence-corrected chi connectivity index (χ1v) is 8.21. The van der Waals surface area contributed by atoms with Crippen LogP contribution in [0.1, 0.15) is 20.7 Å². The van der Waals surface area contributed by atoms with Gasteiger partial charge in [-0.2, -0.15) is 0 Å². The summed E-state index contributed by atoms with van der Waals surface area (Å²) in [6, 6.07) is 13.8. The van der Waals surface area contributed by atoms with E-state index in [1.54, 1.807) is 30.3 Å². The molecule has 7 heteroatoms. The summed E-state index contributed by atoms with van der Waals surface area (Å²) in [5.41, 5.74) is 0.494. The fourth-order valence-electron chi connectivity index (χ4n) is 1.83. The van der Waals surface area contributed by atoms with Crippen LogP contribution in [-0.4, -0.2) is 33.8 Å². The van der Waals surface area contributed by atoms with Gasteiger partial charge in [0.15, 0.2) is 12.4 Å². The summed E-state index contributed by atoms with van der Waals surface area (Å²) >= 11 is 0. The van der Waals surface area contributed by atoms with Gasteiger partial charge in [0, 0.05) is 5.56 Å². The number of benzene rings is 2. The topological polar surface area (TPSA) is 89.5 Å². The summed E-state index contributed by atoms with van der Waals surface area (Å²) in [7, 11) is -2.38. The average molecular weight is 333 g/mol. The molecule has 0 atom stereocenters. The standard InChI is InChI=1S/C16H15NO5S/c1-17-23(20,21)14-9-5-8-13(10-14)16(19)22-11-15(18)12-6-3-2-4-7-12/h2-10,17H,11H2,1H3. The predicted molar refractivity (Wildman–Crippen MR) is 83.7 cm³/mol. The molecule has 0 aliphatic carbocycles. The van der Waals surface area contributed by atoms with Gasteiger partial charge in [-0.25, -0.2) is 17.9 Å². The quantitative estimate of drug-likeness (QED) is 0.641. The van der Waals surface area contributed by atoms with Gasteiger partial charge in [0.1, 0.15) is 0 Å². The van der Waals surface area contributed by atoms with Crippen LogP contribution in [0.3, 0.4) is 0 Å². The molecule has 1 N–H and O–H groups in total. The van der Waals surface area contributed by atoms with Crippen LogP contribution in [-0.2, 0) is 14.8 Å². The normalized spacial score (nSPS) is 11.0. The number of carbonyl (C=O) groups excluding carboxylic acids is 2. The molecule has 0 unspecified atom stereocenters. The minimum atomic E-state index is -3.65. The van der Waals surface area contributed by atoms with Crippen LogP contribution in [0, 0.1) is 0 Å². The van der Waals surface area contributed by atoms with Crippen molar-refractivity contribution in [3.05, 3.63) is 65.7 Å². The third-order valence-corrected chi connectivity index (χ3v) is 4.49. The van der Waals surface area contributed by atoms with Gasteiger partial charge in [0.25, 0.3) is 0 Å². The highest BCUT2D eigenvalue weighted by Crippen LogP contribution is 2.12. The molecule has 6 nitrogen and oxygen atoms in total. The molecule has 0 saturated carbocycles. The molecule has 0 fully saturated rings.